The topological polar surface area (TPSA) is 63.5 Å². The van der Waals surface area contributed by atoms with Crippen LogP contribution < -0.4 is 5.32 Å². The molecule has 1 aliphatic rings. The summed E-state index contributed by atoms with van der Waals surface area (Å²) in [7, 11) is 0. The first-order valence-corrected chi connectivity index (χ1v) is 8.93. The molecule has 0 fully saturated rings. The molecule has 2 heterocycles. The van der Waals surface area contributed by atoms with E-state index in [0.29, 0.717) is 42.2 Å². The minimum Gasteiger partial charge on any atom is -0.347 e. The van der Waals surface area contributed by atoms with E-state index in [9.17, 15) is 9.59 Å². The Morgan fingerprint density at radius 1 is 1.42 bits per heavy atom. The van der Waals surface area contributed by atoms with Crippen molar-refractivity contribution in [2.24, 2.45) is 0 Å². The van der Waals surface area contributed by atoms with Gasteiger partial charge in [0.15, 0.2) is 0 Å². The Morgan fingerprint density at radius 2 is 2.27 bits per heavy atom. The van der Waals surface area contributed by atoms with Gasteiger partial charge in [-0.3, -0.25) is 9.20 Å². The first kappa shape index (κ1) is 18.1. The van der Waals surface area contributed by atoms with E-state index >= 15 is 0 Å². The maximum absolute atomic E-state index is 12.8. The van der Waals surface area contributed by atoms with Crippen LogP contribution in [0.5, 0.6) is 0 Å². The number of carbonyl (C=O) groups is 2. The number of allylic oxidation sites excluding steroid dienone is 4. The summed E-state index contributed by atoms with van der Waals surface area (Å²) in [6, 6.07) is 3.56. The Labute approximate surface area is 157 Å². The predicted octanol–water partition coefficient (Wildman–Crippen LogP) is 3.68. The van der Waals surface area contributed by atoms with Crippen LogP contribution in [0.1, 0.15) is 35.9 Å². The molecule has 0 atom stereocenters. The molecule has 26 heavy (non-hydrogen) atoms. The minimum absolute atomic E-state index is 0.184. The summed E-state index contributed by atoms with van der Waals surface area (Å²) in [6.07, 6.45) is 12.3. The lowest BCUT2D eigenvalue weighted by Gasteiger charge is -2.08. The average molecular weight is 370 g/mol. The Morgan fingerprint density at radius 3 is 3.04 bits per heavy atom. The summed E-state index contributed by atoms with van der Waals surface area (Å²) < 4.78 is 1.73. The molecular weight excluding hydrogens is 350 g/mol. The third-order valence-corrected chi connectivity index (χ3v) is 4.50. The zero-order chi connectivity index (χ0) is 18.5. The third kappa shape index (κ3) is 3.94. The van der Waals surface area contributed by atoms with Crippen LogP contribution in [0, 0.1) is 0 Å². The molecule has 1 N–H and O–H groups in total. The fourth-order valence-electron chi connectivity index (χ4n) is 2.92. The average Bonchev–Trinajstić information content (AvgIpc) is 2.85. The standard InChI is InChI=1S/C20H20ClN3O2/c1-2-17-19(24-13-16(21)8-9-18(24)23-17)20(26)22-12-15-5-3-4-14(6-7-15)10-11-25/h3-5,7-9,11,13H,2,6,10,12H2,1H3,(H,22,26). The smallest absolute Gasteiger partial charge is 0.270 e. The van der Waals surface area contributed by atoms with Gasteiger partial charge in [-0.15, -0.1) is 0 Å². The number of fused-ring (bicyclic) bond motifs is 1. The summed E-state index contributed by atoms with van der Waals surface area (Å²) in [6.45, 7) is 2.38. The number of nitrogens with zero attached hydrogens (tertiary/aromatic N) is 2. The Hall–Kier alpha value is -2.66. The lowest BCUT2D eigenvalue weighted by atomic mass is 10.1. The Bertz CT molecular complexity index is 938. The SMILES string of the molecule is CCc1nc2ccc(Cl)cn2c1C(=O)NCC1=CCC(CC=O)=CC=C1. The number of amides is 1. The second-order valence-corrected chi connectivity index (χ2v) is 6.49. The Balaban J connectivity index is 1.76. The highest BCUT2D eigenvalue weighted by atomic mass is 35.5. The first-order valence-electron chi connectivity index (χ1n) is 8.55. The number of aryl methyl sites for hydroxylation is 1. The maximum Gasteiger partial charge on any atom is 0.270 e. The van der Waals surface area contributed by atoms with Crippen molar-refractivity contribution in [2.75, 3.05) is 6.54 Å². The summed E-state index contributed by atoms with van der Waals surface area (Å²) in [5, 5.41) is 3.51. The number of halogens is 1. The van der Waals surface area contributed by atoms with E-state index in [2.05, 4.69) is 10.3 Å². The van der Waals surface area contributed by atoms with E-state index in [1.54, 1.807) is 22.7 Å². The molecule has 0 aromatic carbocycles. The molecule has 1 aliphatic carbocycles. The molecule has 1 amide bonds. The van der Waals surface area contributed by atoms with Crippen LogP contribution in [0.3, 0.4) is 0 Å². The summed E-state index contributed by atoms with van der Waals surface area (Å²) in [4.78, 5) is 27.9. The molecular formula is C20H20ClN3O2. The highest BCUT2D eigenvalue weighted by Crippen LogP contribution is 2.18. The van der Waals surface area contributed by atoms with Gasteiger partial charge in [-0.2, -0.15) is 0 Å². The number of pyridine rings is 1. The van der Waals surface area contributed by atoms with Crippen LogP contribution in [0.15, 0.2) is 53.8 Å². The third-order valence-electron chi connectivity index (χ3n) is 4.27. The van der Waals surface area contributed by atoms with E-state index in [-0.39, 0.29) is 5.91 Å². The van der Waals surface area contributed by atoms with Gasteiger partial charge in [0.25, 0.3) is 5.91 Å². The second kappa shape index (κ2) is 8.15. The lowest BCUT2D eigenvalue weighted by molar-refractivity contribution is -0.107. The van der Waals surface area contributed by atoms with Gasteiger partial charge in [-0.25, -0.2) is 4.98 Å². The van der Waals surface area contributed by atoms with Crippen LogP contribution >= 0.6 is 11.6 Å². The fourth-order valence-corrected chi connectivity index (χ4v) is 3.08. The molecule has 2 aromatic heterocycles. The molecule has 0 saturated carbocycles. The van der Waals surface area contributed by atoms with E-state index < -0.39 is 0 Å². The summed E-state index contributed by atoms with van der Waals surface area (Å²) >= 11 is 6.07. The predicted molar refractivity (Wildman–Crippen MR) is 103 cm³/mol. The van der Waals surface area contributed by atoms with Crippen LogP contribution in [0.25, 0.3) is 5.65 Å². The van der Waals surface area contributed by atoms with Crippen molar-refractivity contribution >= 4 is 29.4 Å². The first-order chi connectivity index (χ1) is 12.6. The van der Waals surface area contributed by atoms with Crippen LogP contribution in [-0.4, -0.2) is 28.1 Å². The van der Waals surface area contributed by atoms with Crippen molar-refractivity contribution in [1.82, 2.24) is 14.7 Å². The second-order valence-electron chi connectivity index (χ2n) is 6.06. The van der Waals surface area contributed by atoms with Gasteiger partial charge >= 0.3 is 0 Å². The van der Waals surface area contributed by atoms with Crippen molar-refractivity contribution in [2.45, 2.75) is 26.2 Å². The quantitative estimate of drug-likeness (QED) is 0.790. The number of imidazole rings is 1. The number of hydrogen-bond acceptors (Lipinski definition) is 3. The highest BCUT2D eigenvalue weighted by Gasteiger charge is 2.18. The fraction of sp³-hybridized carbons (Fsp3) is 0.250. The van der Waals surface area contributed by atoms with Gasteiger partial charge < -0.3 is 10.1 Å². The number of aldehydes is 1. The van der Waals surface area contributed by atoms with Gasteiger partial charge in [0.2, 0.25) is 0 Å². The molecule has 0 spiro atoms. The number of aromatic nitrogens is 2. The van der Waals surface area contributed by atoms with Crippen LogP contribution in [-0.2, 0) is 11.2 Å². The monoisotopic (exact) mass is 369 g/mol. The lowest BCUT2D eigenvalue weighted by Crippen LogP contribution is -2.27. The zero-order valence-electron chi connectivity index (χ0n) is 14.5. The number of hydrogen-bond donors (Lipinski definition) is 1. The number of nitrogens with one attached hydrogen (secondary N) is 1. The molecule has 5 nitrogen and oxygen atoms in total. The molecule has 0 radical (unpaired) electrons. The van der Waals surface area contributed by atoms with E-state index in [4.69, 9.17) is 11.6 Å². The number of rotatable bonds is 6. The van der Waals surface area contributed by atoms with Crippen LogP contribution in [0.4, 0.5) is 0 Å². The van der Waals surface area contributed by atoms with E-state index in [1.165, 1.54) is 0 Å². The normalized spacial score (nSPS) is 13.9. The van der Waals surface area contributed by atoms with Crippen molar-refractivity contribution in [3.8, 4) is 0 Å². The van der Waals surface area contributed by atoms with Crippen molar-refractivity contribution in [1.29, 1.82) is 0 Å². The van der Waals surface area contributed by atoms with Crippen molar-refractivity contribution in [3.63, 3.8) is 0 Å². The van der Waals surface area contributed by atoms with Crippen molar-refractivity contribution in [3.05, 3.63) is 70.2 Å². The maximum atomic E-state index is 12.8. The molecule has 0 unspecified atom stereocenters. The van der Waals surface area contributed by atoms with Gasteiger partial charge in [0.05, 0.1) is 10.7 Å². The van der Waals surface area contributed by atoms with Gasteiger partial charge in [0.1, 0.15) is 17.6 Å². The van der Waals surface area contributed by atoms with Crippen LogP contribution in [0.2, 0.25) is 5.02 Å². The van der Waals surface area contributed by atoms with E-state index in [0.717, 1.165) is 23.1 Å². The molecule has 6 heteroatoms. The van der Waals surface area contributed by atoms with Gasteiger partial charge in [-0.1, -0.05) is 48.4 Å². The molecule has 0 saturated heterocycles. The largest absolute Gasteiger partial charge is 0.347 e. The minimum atomic E-state index is -0.184. The number of carbonyl (C=O) groups excluding carboxylic acids is 2. The van der Waals surface area contributed by atoms with E-state index in [1.807, 2.05) is 31.2 Å². The molecule has 0 bridgehead atoms. The van der Waals surface area contributed by atoms with Crippen molar-refractivity contribution < 1.29 is 9.59 Å². The molecule has 2 aromatic rings. The summed E-state index contributed by atoms with van der Waals surface area (Å²) in [5.41, 5.74) is 4.02. The highest BCUT2D eigenvalue weighted by molar-refractivity contribution is 6.30. The molecule has 3 rings (SSSR count). The zero-order valence-corrected chi connectivity index (χ0v) is 15.3. The summed E-state index contributed by atoms with van der Waals surface area (Å²) in [5.74, 6) is -0.184. The Kier molecular flexibility index (Phi) is 5.68. The van der Waals surface area contributed by atoms with Gasteiger partial charge in [-0.05, 0) is 30.5 Å². The van der Waals surface area contributed by atoms with Gasteiger partial charge in [0, 0.05) is 19.2 Å². The molecule has 0 aliphatic heterocycles. The molecule has 134 valence electrons.